The maximum atomic E-state index is 13.0. The third kappa shape index (κ3) is 6.92. The highest BCUT2D eigenvalue weighted by Gasteiger charge is 2.59. The molecule has 1 aromatic carbocycles. The Morgan fingerprint density at radius 2 is 1.79 bits per heavy atom. The fourth-order valence-corrected chi connectivity index (χ4v) is 14.2. The SMILES string of the molecule is COc1c(I)cc(I)c(/C=C/C(=O)O[C@H]2CC[C@@]3(C)C(=CC[C@H]4[C@@H]5CC[C@H]([C@H](C)CCCC(C)C)[C@@]5(C)CC[C@@H]43)C2)c1I. The van der Waals surface area contributed by atoms with Crippen LogP contribution in [0.4, 0.5) is 0 Å². The number of methoxy groups -OCH3 is 1. The molecule has 0 unspecified atom stereocenters. The Labute approximate surface area is 302 Å². The van der Waals surface area contributed by atoms with Gasteiger partial charge in [0, 0.05) is 21.6 Å². The van der Waals surface area contributed by atoms with Crippen LogP contribution >= 0.6 is 67.8 Å². The highest BCUT2D eigenvalue weighted by molar-refractivity contribution is 14.1. The van der Waals surface area contributed by atoms with Gasteiger partial charge >= 0.3 is 5.97 Å². The molecule has 4 aliphatic carbocycles. The van der Waals surface area contributed by atoms with Gasteiger partial charge in [-0.2, -0.15) is 0 Å². The van der Waals surface area contributed by atoms with E-state index in [4.69, 9.17) is 9.47 Å². The van der Waals surface area contributed by atoms with Crippen LogP contribution in [0.15, 0.2) is 23.8 Å². The highest BCUT2D eigenvalue weighted by Crippen LogP contribution is 2.67. The third-order valence-electron chi connectivity index (χ3n) is 12.3. The van der Waals surface area contributed by atoms with Crippen molar-refractivity contribution in [3.05, 3.63) is 40.1 Å². The van der Waals surface area contributed by atoms with Gasteiger partial charge < -0.3 is 9.47 Å². The summed E-state index contributed by atoms with van der Waals surface area (Å²) in [6, 6.07) is 2.09. The van der Waals surface area contributed by atoms with E-state index in [0.29, 0.717) is 5.41 Å². The number of hydrogen-bond donors (Lipinski definition) is 0. The largest absolute Gasteiger partial charge is 0.495 e. The minimum atomic E-state index is -0.236. The maximum absolute atomic E-state index is 13.0. The van der Waals surface area contributed by atoms with Gasteiger partial charge in [0.05, 0.1) is 14.3 Å². The normalized spacial score (nSPS) is 34.4. The van der Waals surface area contributed by atoms with Gasteiger partial charge in [-0.1, -0.05) is 65.5 Å². The number of hydrogen-bond acceptors (Lipinski definition) is 3. The van der Waals surface area contributed by atoms with Gasteiger partial charge in [-0.05, 0) is 171 Å². The molecule has 3 nitrogen and oxygen atoms in total. The molecule has 0 bridgehead atoms. The van der Waals surface area contributed by atoms with Crippen molar-refractivity contribution in [3.63, 3.8) is 0 Å². The van der Waals surface area contributed by atoms with Crippen LogP contribution in [0.1, 0.15) is 111 Å². The van der Waals surface area contributed by atoms with Crippen molar-refractivity contribution in [2.75, 3.05) is 7.11 Å². The Morgan fingerprint density at radius 3 is 2.51 bits per heavy atom. The molecule has 0 spiro atoms. The van der Waals surface area contributed by atoms with Crippen molar-refractivity contribution in [3.8, 4) is 5.75 Å². The number of carbonyl (C=O) groups excluding carboxylic acids is 1. The molecule has 3 fully saturated rings. The number of halogens is 3. The molecule has 4 aliphatic rings. The van der Waals surface area contributed by atoms with Crippen molar-refractivity contribution >= 4 is 79.8 Å². The molecule has 0 aliphatic heterocycles. The number of fused-ring (bicyclic) bond motifs is 5. The van der Waals surface area contributed by atoms with Gasteiger partial charge in [0.25, 0.3) is 0 Å². The average Bonchev–Trinajstić information content (AvgIpc) is 3.30. The lowest BCUT2D eigenvalue weighted by Crippen LogP contribution is -2.51. The highest BCUT2D eigenvalue weighted by atomic mass is 127. The number of benzene rings is 1. The molecule has 238 valence electrons. The molecule has 8 atom stereocenters. The van der Waals surface area contributed by atoms with Crippen LogP contribution in [-0.2, 0) is 9.53 Å². The fourth-order valence-electron chi connectivity index (χ4n) is 10.0. The van der Waals surface area contributed by atoms with Crippen LogP contribution in [0.25, 0.3) is 6.08 Å². The number of rotatable bonds is 9. The van der Waals surface area contributed by atoms with Crippen molar-refractivity contribution < 1.29 is 14.3 Å². The molecule has 1 aromatic rings. The average molecular weight is 925 g/mol. The first-order chi connectivity index (χ1) is 20.4. The molecule has 0 saturated heterocycles. The summed E-state index contributed by atoms with van der Waals surface area (Å²) in [5, 5.41) is 0. The Hall–Kier alpha value is 0.160. The molecule has 0 radical (unpaired) electrons. The van der Waals surface area contributed by atoms with Gasteiger partial charge in [0.2, 0.25) is 0 Å². The summed E-state index contributed by atoms with van der Waals surface area (Å²) in [7, 11) is 1.69. The molecule has 5 rings (SSSR count). The molecule has 0 aromatic heterocycles. The Balaban J connectivity index is 1.22. The summed E-state index contributed by atoms with van der Waals surface area (Å²) in [5.74, 6) is 5.70. The predicted octanol–water partition coefficient (Wildman–Crippen LogP) is 11.5. The monoisotopic (exact) mass is 924 g/mol. The molecule has 0 heterocycles. The van der Waals surface area contributed by atoms with E-state index in [1.807, 2.05) is 6.08 Å². The van der Waals surface area contributed by atoms with Gasteiger partial charge in [0.15, 0.2) is 0 Å². The lowest BCUT2D eigenvalue weighted by Gasteiger charge is -2.58. The van der Waals surface area contributed by atoms with Crippen molar-refractivity contribution in [2.45, 2.75) is 111 Å². The predicted molar refractivity (Wildman–Crippen MR) is 203 cm³/mol. The third-order valence-corrected chi connectivity index (χ3v) is 15.1. The van der Waals surface area contributed by atoms with Crippen LogP contribution in [0.3, 0.4) is 0 Å². The summed E-state index contributed by atoms with van der Waals surface area (Å²) < 4.78 is 14.9. The van der Waals surface area contributed by atoms with E-state index in [2.05, 4.69) is 115 Å². The Bertz CT molecular complexity index is 1250. The van der Waals surface area contributed by atoms with Gasteiger partial charge in [0.1, 0.15) is 11.9 Å². The van der Waals surface area contributed by atoms with Crippen LogP contribution in [0.2, 0.25) is 0 Å². The molecule has 6 heteroatoms. The Morgan fingerprint density at radius 1 is 1.02 bits per heavy atom. The summed E-state index contributed by atoms with van der Waals surface area (Å²) in [5.41, 5.74) is 3.38. The minimum absolute atomic E-state index is 0.0196. The summed E-state index contributed by atoms with van der Waals surface area (Å²) in [4.78, 5) is 13.0. The van der Waals surface area contributed by atoms with Crippen LogP contribution in [-0.4, -0.2) is 19.2 Å². The van der Waals surface area contributed by atoms with Gasteiger partial charge in [-0.3, -0.25) is 0 Å². The standard InChI is InChI=1S/C37H51I3O3/c1-22(2)8-7-9-23(3)28-13-14-29-26-11-10-24-20-25(16-18-36(24,4)30(26)17-19-37(28,29)5)43-33(41)15-12-27-31(38)21-32(39)35(42-6)34(27)40/h10,12,15,21-23,25-26,28-30H,7-9,11,13-14,16-20H2,1-6H3/b15-12+/t23-,25+,26+,28-,29+,30+,36+,37-/m1/s1. The molecular weight excluding hydrogens is 873 g/mol. The summed E-state index contributed by atoms with van der Waals surface area (Å²) >= 11 is 6.93. The zero-order chi connectivity index (χ0) is 31.1. The van der Waals surface area contributed by atoms with Crippen LogP contribution < -0.4 is 4.74 Å². The van der Waals surface area contributed by atoms with E-state index in [-0.39, 0.29) is 17.5 Å². The smallest absolute Gasteiger partial charge is 0.331 e. The lowest BCUT2D eigenvalue weighted by atomic mass is 9.47. The van der Waals surface area contributed by atoms with E-state index in [9.17, 15) is 4.79 Å². The number of esters is 1. The topological polar surface area (TPSA) is 35.5 Å². The molecule has 0 N–H and O–H groups in total. The first-order valence-electron chi connectivity index (χ1n) is 16.7. The number of ether oxygens (including phenoxy) is 2. The Kier molecular flexibility index (Phi) is 11.3. The van der Waals surface area contributed by atoms with Gasteiger partial charge in [-0.15, -0.1) is 0 Å². The molecule has 43 heavy (non-hydrogen) atoms. The van der Waals surface area contributed by atoms with Crippen LogP contribution in [0, 0.1) is 57.0 Å². The quantitative estimate of drug-likeness (QED) is 0.107. The number of allylic oxidation sites excluding steroid dienone is 1. The van der Waals surface area contributed by atoms with Gasteiger partial charge in [-0.25, -0.2) is 4.79 Å². The first-order valence-corrected chi connectivity index (χ1v) is 19.9. The summed E-state index contributed by atoms with van der Waals surface area (Å²) in [6.45, 7) is 12.5. The number of carbonyl (C=O) groups is 1. The molecular formula is C37H51I3O3. The molecule has 3 saturated carbocycles. The minimum Gasteiger partial charge on any atom is -0.495 e. The van der Waals surface area contributed by atoms with E-state index < -0.39 is 0 Å². The van der Waals surface area contributed by atoms with E-state index in [1.165, 1.54) is 51.4 Å². The van der Waals surface area contributed by atoms with E-state index >= 15 is 0 Å². The zero-order valence-corrected chi connectivity index (χ0v) is 33.5. The molecule has 0 amide bonds. The van der Waals surface area contributed by atoms with Crippen molar-refractivity contribution in [1.82, 2.24) is 0 Å². The fraction of sp³-hybridized carbons (Fsp3) is 0.703. The van der Waals surface area contributed by atoms with E-state index in [0.717, 1.165) is 76.8 Å². The van der Waals surface area contributed by atoms with Crippen LogP contribution in [0.5, 0.6) is 5.75 Å². The second kappa shape index (κ2) is 14.1. The van der Waals surface area contributed by atoms with Crippen molar-refractivity contribution in [2.24, 2.45) is 46.3 Å². The van der Waals surface area contributed by atoms with Crippen molar-refractivity contribution in [1.29, 1.82) is 0 Å². The first kappa shape index (κ1) is 34.5. The van der Waals surface area contributed by atoms with E-state index in [1.54, 1.807) is 18.8 Å². The lowest BCUT2D eigenvalue weighted by molar-refractivity contribution is -0.145. The zero-order valence-electron chi connectivity index (χ0n) is 27.0. The maximum Gasteiger partial charge on any atom is 0.331 e. The second-order valence-electron chi connectivity index (χ2n) is 15.0. The summed E-state index contributed by atoms with van der Waals surface area (Å²) in [6.07, 6.45) is 20.2. The second-order valence-corrected chi connectivity index (χ2v) is 18.4.